The van der Waals surface area contributed by atoms with Crippen molar-refractivity contribution >= 4 is 23.5 Å². The molecule has 1 aromatic rings. The van der Waals surface area contributed by atoms with Gasteiger partial charge in [-0.25, -0.2) is 4.79 Å². The van der Waals surface area contributed by atoms with Crippen molar-refractivity contribution < 1.29 is 9.59 Å². The fourth-order valence-corrected chi connectivity index (χ4v) is 3.05. The Morgan fingerprint density at radius 1 is 1.43 bits per heavy atom. The van der Waals surface area contributed by atoms with Gasteiger partial charge >= 0.3 is 6.03 Å². The average molecular weight is 338 g/mol. The van der Waals surface area contributed by atoms with E-state index in [1.54, 1.807) is 0 Å². The van der Waals surface area contributed by atoms with E-state index in [-0.39, 0.29) is 17.2 Å². The molecular weight excluding hydrogens is 314 g/mol. The maximum absolute atomic E-state index is 12.4. The molecule has 0 aliphatic carbocycles. The molecule has 1 atom stereocenters. The third kappa shape index (κ3) is 4.61. The van der Waals surface area contributed by atoms with E-state index < -0.39 is 6.03 Å². The van der Waals surface area contributed by atoms with Crippen molar-refractivity contribution in [2.24, 2.45) is 11.7 Å². The first kappa shape index (κ1) is 17.6. The van der Waals surface area contributed by atoms with Crippen LogP contribution in [0.1, 0.15) is 32.3 Å². The van der Waals surface area contributed by atoms with E-state index in [2.05, 4.69) is 19.2 Å². The van der Waals surface area contributed by atoms with Gasteiger partial charge in [0.1, 0.15) is 0 Å². The number of benzene rings is 1. The Balaban J connectivity index is 1.94. The number of piperidine rings is 1. The highest BCUT2D eigenvalue weighted by Gasteiger charge is 2.29. The van der Waals surface area contributed by atoms with E-state index in [0.29, 0.717) is 24.7 Å². The van der Waals surface area contributed by atoms with Crippen LogP contribution in [-0.2, 0) is 10.2 Å². The zero-order valence-corrected chi connectivity index (χ0v) is 14.4. The van der Waals surface area contributed by atoms with E-state index in [4.69, 9.17) is 17.3 Å². The standard InChI is InChI=1S/C17H24ClN3O2/c1-17(2,13-6-3-7-14(18)9-13)11-20-15(22)12-5-4-8-21(10-12)16(19)23/h3,6-7,9,12H,4-5,8,10-11H2,1-2H3,(H2,19,23)(H,20,22)/t12-/m0/s1. The van der Waals surface area contributed by atoms with Gasteiger partial charge in [0.15, 0.2) is 0 Å². The molecule has 5 nitrogen and oxygen atoms in total. The SMILES string of the molecule is CC(C)(CNC(=O)[C@H]1CCCN(C(N)=O)C1)c1cccc(Cl)c1. The Kier molecular flexibility index (Phi) is 5.52. The Bertz CT molecular complexity index is 589. The molecule has 2 rings (SSSR count). The summed E-state index contributed by atoms with van der Waals surface area (Å²) >= 11 is 6.04. The second kappa shape index (κ2) is 7.21. The molecule has 0 saturated carbocycles. The van der Waals surface area contributed by atoms with Crippen LogP contribution in [0.5, 0.6) is 0 Å². The van der Waals surface area contributed by atoms with Crippen LogP contribution in [0.4, 0.5) is 4.79 Å². The summed E-state index contributed by atoms with van der Waals surface area (Å²) in [6.07, 6.45) is 1.59. The molecule has 3 amide bonds. The smallest absolute Gasteiger partial charge is 0.314 e. The highest BCUT2D eigenvalue weighted by atomic mass is 35.5. The Morgan fingerprint density at radius 2 is 2.17 bits per heavy atom. The number of primary amides is 1. The van der Waals surface area contributed by atoms with E-state index in [1.165, 1.54) is 4.90 Å². The van der Waals surface area contributed by atoms with Crippen LogP contribution in [-0.4, -0.2) is 36.5 Å². The number of nitrogens with zero attached hydrogens (tertiary/aromatic N) is 1. The van der Waals surface area contributed by atoms with Gasteiger partial charge in [-0.05, 0) is 30.5 Å². The lowest BCUT2D eigenvalue weighted by molar-refractivity contribution is -0.126. The van der Waals surface area contributed by atoms with Gasteiger partial charge in [0.2, 0.25) is 5.91 Å². The van der Waals surface area contributed by atoms with Gasteiger partial charge in [0.25, 0.3) is 0 Å². The lowest BCUT2D eigenvalue weighted by atomic mass is 9.84. The number of hydrogen-bond donors (Lipinski definition) is 2. The molecule has 6 heteroatoms. The van der Waals surface area contributed by atoms with Gasteiger partial charge in [0, 0.05) is 30.1 Å². The molecule has 1 saturated heterocycles. The number of carbonyl (C=O) groups is 2. The monoisotopic (exact) mass is 337 g/mol. The molecule has 0 bridgehead atoms. The van der Waals surface area contributed by atoms with Crippen molar-refractivity contribution in [3.63, 3.8) is 0 Å². The molecule has 1 aromatic carbocycles. The van der Waals surface area contributed by atoms with Crippen molar-refractivity contribution in [3.05, 3.63) is 34.9 Å². The summed E-state index contributed by atoms with van der Waals surface area (Å²) in [5, 5.41) is 3.70. The van der Waals surface area contributed by atoms with Crippen molar-refractivity contribution in [1.82, 2.24) is 10.2 Å². The van der Waals surface area contributed by atoms with Gasteiger partial charge in [-0.3, -0.25) is 4.79 Å². The maximum Gasteiger partial charge on any atom is 0.314 e. The summed E-state index contributed by atoms with van der Waals surface area (Å²) in [7, 11) is 0. The minimum absolute atomic E-state index is 0.0222. The van der Waals surface area contributed by atoms with Crippen LogP contribution in [0.25, 0.3) is 0 Å². The number of halogens is 1. The molecule has 1 heterocycles. The van der Waals surface area contributed by atoms with Crippen LogP contribution >= 0.6 is 11.6 Å². The van der Waals surface area contributed by atoms with Crippen molar-refractivity contribution in [2.45, 2.75) is 32.1 Å². The Labute approximate surface area is 142 Å². The van der Waals surface area contributed by atoms with Gasteiger partial charge in [-0.15, -0.1) is 0 Å². The molecule has 1 fully saturated rings. The first-order valence-corrected chi connectivity index (χ1v) is 8.25. The van der Waals surface area contributed by atoms with Crippen LogP contribution < -0.4 is 11.1 Å². The first-order valence-electron chi connectivity index (χ1n) is 7.88. The normalized spacial score (nSPS) is 18.6. The summed E-state index contributed by atoms with van der Waals surface area (Å²) in [4.78, 5) is 25.2. The number of urea groups is 1. The summed E-state index contributed by atoms with van der Waals surface area (Å²) in [5.74, 6) is -0.211. The predicted molar refractivity (Wildman–Crippen MR) is 91.4 cm³/mol. The topological polar surface area (TPSA) is 75.4 Å². The zero-order valence-electron chi connectivity index (χ0n) is 13.6. The lowest BCUT2D eigenvalue weighted by Gasteiger charge is -2.32. The third-order valence-electron chi connectivity index (χ3n) is 4.41. The third-order valence-corrected chi connectivity index (χ3v) is 4.65. The Hall–Kier alpha value is -1.75. The van der Waals surface area contributed by atoms with Gasteiger partial charge in [-0.1, -0.05) is 37.6 Å². The number of likely N-dealkylation sites (tertiary alicyclic amines) is 1. The number of amides is 3. The molecule has 0 aromatic heterocycles. The molecule has 126 valence electrons. The fraction of sp³-hybridized carbons (Fsp3) is 0.529. The molecule has 3 N–H and O–H groups in total. The van der Waals surface area contributed by atoms with Gasteiger partial charge < -0.3 is 16.0 Å². The predicted octanol–water partition coefficient (Wildman–Crippen LogP) is 2.52. The summed E-state index contributed by atoms with van der Waals surface area (Å²) in [6, 6.07) is 7.21. The van der Waals surface area contributed by atoms with Crippen LogP contribution in [0.15, 0.2) is 24.3 Å². The molecule has 23 heavy (non-hydrogen) atoms. The van der Waals surface area contributed by atoms with E-state index in [9.17, 15) is 9.59 Å². The highest BCUT2D eigenvalue weighted by molar-refractivity contribution is 6.30. The maximum atomic E-state index is 12.4. The van der Waals surface area contributed by atoms with Gasteiger partial charge in [-0.2, -0.15) is 0 Å². The summed E-state index contributed by atoms with van der Waals surface area (Å²) in [5.41, 5.74) is 6.16. The van der Waals surface area contributed by atoms with Crippen LogP contribution in [0.2, 0.25) is 5.02 Å². The second-order valence-electron chi connectivity index (χ2n) is 6.74. The van der Waals surface area contributed by atoms with E-state index >= 15 is 0 Å². The summed E-state index contributed by atoms with van der Waals surface area (Å²) < 4.78 is 0. The van der Waals surface area contributed by atoms with Crippen molar-refractivity contribution in [1.29, 1.82) is 0 Å². The van der Waals surface area contributed by atoms with Crippen molar-refractivity contribution in [3.8, 4) is 0 Å². The number of carbonyl (C=O) groups excluding carboxylic acids is 2. The largest absolute Gasteiger partial charge is 0.355 e. The lowest BCUT2D eigenvalue weighted by Crippen LogP contribution is -2.48. The number of hydrogen-bond acceptors (Lipinski definition) is 2. The summed E-state index contributed by atoms with van der Waals surface area (Å²) in [6.45, 7) is 5.68. The number of rotatable bonds is 4. The number of nitrogens with one attached hydrogen (secondary N) is 1. The van der Waals surface area contributed by atoms with E-state index in [0.717, 1.165) is 18.4 Å². The molecule has 0 spiro atoms. The zero-order chi connectivity index (χ0) is 17.0. The minimum Gasteiger partial charge on any atom is -0.355 e. The number of nitrogens with two attached hydrogens (primary N) is 1. The molecule has 0 radical (unpaired) electrons. The van der Waals surface area contributed by atoms with Crippen LogP contribution in [0, 0.1) is 5.92 Å². The molecule has 1 aliphatic rings. The van der Waals surface area contributed by atoms with Crippen LogP contribution in [0.3, 0.4) is 0 Å². The molecular formula is C17H24ClN3O2. The minimum atomic E-state index is -0.457. The molecule has 1 aliphatic heterocycles. The average Bonchev–Trinajstić information content (AvgIpc) is 2.53. The fourth-order valence-electron chi connectivity index (χ4n) is 2.86. The van der Waals surface area contributed by atoms with Crippen molar-refractivity contribution in [2.75, 3.05) is 19.6 Å². The molecule has 0 unspecified atom stereocenters. The quantitative estimate of drug-likeness (QED) is 0.885. The second-order valence-corrected chi connectivity index (χ2v) is 7.17. The first-order chi connectivity index (χ1) is 10.8. The Morgan fingerprint density at radius 3 is 2.83 bits per heavy atom. The van der Waals surface area contributed by atoms with E-state index in [1.807, 2.05) is 24.3 Å². The highest BCUT2D eigenvalue weighted by Crippen LogP contribution is 2.25. The van der Waals surface area contributed by atoms with Gasteiger partial charge in [0.05, 0.1) is 5.92 Å².